The van der Waals surface area contributed by atoms with Gasteiger partial charge in [-0.25, -0.2) is 14.5 Å². The molecule has 10 nitrogen and oxygen atoms in total. The summed E-state index contributed by atoms with van der Waals surface area (Å²) in [6.45, 7) is 2.85. The van der Waals surface area contributed by atoms with Gasteiger partial charge in [-0.3, -0.25) is 4.79 Å². The van der Waals surface area contributed by atoms with Gasteiger partial charge in [0.2, 0.25) is 5.78 Å². The van der Waals surface area contributed by atoms with Crippen molar-refractivity contribution < 1.29 is 25.5 Å². The van der Waals surface area contributed by atoms with Crippen LogP contribution in [0.1, 0.15) is 22.4 Å². The molecule has 0 aliphatic rings. The van der Waals surface area contributed by atoms with Crippen LogP contribution in [-0.2, 0) is 0 Å². The fourth-order valence-electron chi connectivity index (χ4n) is 2.61. The predicted molar refractivity (Wildman–Crippen MR) is 88.5 cm³/mol. The highest BCUT2D eigenvalue weighted by Crippen LogP contribution is 2.27. The number of H-pyrrole nitrogens is 1. The fourth-order valence-corrected chi connectivity index (χ4v) is 3.63. The number of nitrogens with one attached hydrogen (secondary N) is 1. The Labute approximate surface area is 144 Å². The lowest BCUT2D eigenvalue weighted by Gasteiger charge is -2.24. The summed E-state index contributed by atoms with van der Waals surface area (Å²) in [5.74, 6) is -0.175. The summed E-state index contributed by atoms with van der Waals surface area (Å²) in [6, 6.07) is 0. The van der Waals surface area contributed by atoms with E-state index in [2.05, 4.69) is 15.2 Å². The zero-order chi connectivity index (χ0) is 18.5. The number of hydrogen-bond donors (Lipinski definition) is 6. The van der Waals surface area contributed by atoms with Crippen molar-refractivity contribution >= 4 is 27.3 Å². The van der Waals surface area contributed by atoms with E-state index in [1.807, 2.05) is 6.92 Å². The van der Waals surface area contributed by atoms with Crippen molar-refractivity contribution in [2.24, 2.45) is 0 Å². The number of aromatic nitrogens is 4. The average Bonchev–Trinajstić information content (AvgIpc) is 3.14. The summed E-state index contributed by atoms with van der Waals surface area (Å²) in [5, 5.41) is 55.0. The third kappa shape index (κ3) is 2.74. The van der Waals surface area contributed by atoms with E-state index in [9.17, 15) is 25.2 Å². The van der Waals surface area contributed by atoms with E-state index >= 15 is 0 Å². The molecule has 3 rings (SSSR count). The van der Waals surface area contributed by atoms with Crippen molar-refractivity contribution in [1.82, 2.24) is 19.6 Å². The number of aromatic amines is 1. The van der Waals surface area contributed by atoms with E-state index in [0.29, 0.717) is 10.2 Å². The second-order valence-corrected chi connectivity index (χ2v) is 7.00. The summed E-state index contributed by atoms with van der Waals surface area (Å²) in [6.07, 6.45) is -7.15. The van der Waals surface area contributed by atoms with Gasteiger partial charge < -0.3 is 25.5 Å². The Morgan fingerprint density at radius 2 is 1.88 bits per heavy atom. The molecule has 0 bridgehead atoms. The Balaban J connectivity index is 2.14. The highest BCUT2D eigenvalue weighted by molar-refractivity contribution is 7.18. The fraction of sp³-hybridized carbons (Fsp3) is 0.500. The Bertz CT molecular complexity index is 979. The van der Waals surface area contributed by atoms with Gasteiger partial charge in [-0.05, 0) is 19.4 Å². The summed E-state index contributed by atoms with van der Waals surface area (Å²) < 4.78 is 1.02. The van der Waals surface area contributed by atoms with Crippen LogP contribution >= 0.6 is 11.3 Å². The smallest absolute Gasteiger partial charge is 0.269 e. The number of thiophene rings is 1. The third-order valence-corrected chi connectivity index (χ3v) is 5.32. The number of aryl methyl sites for hydroxylation is 2. The van der Waals surface area contributed by atoms with Crippen LogP contribution < -0.4 is 5.56 Å². The van der Waals surface area contributed by atoms with Crippen molar-refractivity contribution in [3.05, 3.63) is 26.6 Å². The molecular formula is C14H18N4O6S. The Morgan fingerprint density at radius 1 is 1.20 bits per heavy atom. The van der Waals surface area contributed by atoms with Crippen molar-refractivity contribution in [2.45, 2.75) is 38.3 Å². The van der Waals surface area contributed by atoms with Gasteiger partial charge in [0.25, 0.3) is 5.56 Å². The van der Waals surface area contributed by atoms with Gasteiger partial charge in [0.15, 0.2) is 5.82 Å². The molecule has 0 amide bonds. The van der Waals surface area contributed by atoms with Gasteiger partial charge in [-0.2, -0.15) is 5.10 Å². The summed E-state index contributed by atoms with van der Waals surface area (Å²) in [4.78, 5) is 18.6. The standard InChI is InChI=1S/C14H18N4O6S/c1-4-5(2)25-12-7(4)13(24)18-11(16-17-14(18)15-12)10(23)9(22)8(21)6(20)3-19/h6,8-10,19-23H,3H2,1-2H3,(H,15,17)/t6-,8-,9+,10+/m1/s1. The number of rotatable bonds is 5. The second-order valence-electron chi connectivity index (χ2n) is 5.80. The van der Waals surface area contributed by atoms with Crippen LogP contribution in [0.25, 0.3) is 16.0 Å². The molecule has 0 unspecified atom stereocenters. The number of hydrogen-bond acceptors (Lipinski definition) is 9. The van der Waals surface area contributed by atoms with Crippen LogP contribution in [0.3, 0.4) is 0 Å². The van der Waals surface area contributed by atoms with Crippen LogP contribution in [0, 0.1) is 13.8 Å². The highest BCUT2D eigenvalue weighted by atomic mass is 32.1. The van der Waals surface area contributed by atoms with Crippen LogP contribution in [0.4, 0.5) is 0 Å². The predicted octanol–water partition coefficient (Wildman–Crippen LogP) is -1.64. The quantitative estimate of drug-likeness (QED) is 0.311. The van der Waals surface area contributed by atoms with Crippen LogP contribution in [-0.4, -0.2) is 70.0 Å². The minimum absolute atomic E-state index is 0.0807. The highest BCUT2D eigenvalue weighted by Gasteiger charge is 2.34. The average molecular weight is 370 g/mol. The Hall–Kier alpha value is -1.89. The molecule has 0 spiro atoms. The first-order valence-electron chi connectivity index (χ1n) is 7.47. The lowest BCUT2D eigenvalue weighted by Crippen LogP contribution is -2.43. The number of nitrogens with zero attached hydrogens (tertiary/aromatic N) is 3. The lowest BCUT2D eigenvalue weighted by atomic mass is 10.0. The van der Waals surface area contributed by atoms with E-state index in [-0.39, 0.29) is 11.6 Å². The maximum atomic E-state index is 12.8. The maximum Gasteiger partial charge on any atom is 0.269 e. The van der Waals surface area contributed by atoms with Gasteiger partial charge in [-0.15, -0.1) is 11.3 Å². The SMILES string of the molecule is Cc1sc2nc3[nH]nc([C@@H](O)[C@@H](O)[C@H](O)[C@H](O)CO)n3c(=O)c2c1C. The number of aliphatic hydroxyl groups is 5. The van der Waals surface area contributed by atoms with Crippen molar-refractivity contribution in [3.63, 3.8) is 0 Å². The third-order valence-electron chi connectivity index (χ3n) is 4.22. The number of aliphatic hydroxyl groups excluding tert-OH is 5. The van der Waals surface area contributed by atoms with Gasteiger partial charge in [0, 0.05) is 4.88 Å². The Morgan fingerprint density at radius 3 is 2.52 bits per heavy atom. The molecule has 0 radical (unpaired) electrons. The van der Waals surface area contributed by atoms with E-state index in [1.54, 1.807) is 6.92 Å². The zero-order valence-corrected chi connectivity index (χ0v) is 14.2. The molecule has 3 heterocycles. The summed E-state index contributed by atoms with van der Waals surface area (Å²) in [7, 11) is 0. The summed E-state index contributed by atoms with van der Waals surface area (Å²) >= 11 is 1.36. The first kappa shape index (κ1) is 17.9. The summed E-state index contributed by atoms with van der Waals surface area (Å²) in [5.41, 5.74) is 0.305. The van der Waals surface area contributed by atoms with Crippen molar-refractivity contribution in [2.75, 3.05) is 6.61 Å². The molecule has 0 aliphatic carbocycles. The normalized spacial score (nSPS) is 17.1. The molecule has 11 heteroatoms. The molecule has 0 saturated carbocycles. The monoisotopic (exact) mass is 370 g/mol. The van der Waals surface area contributed by atoms with Gasteiger partial charge in [0.05, 0.1) is 12.0 Å². The zero-order valence-electron chi connectivity index (χ0n) is 13.4. The van der Waals surface area contributed by atoms with E-state index < -0.39 is 36.6 Å². The van der Waals surface area contributed by atoms with Crippen LogP contribution in [0.2, 0.25) is 0 Å². The molecule has 0 aromatic carbocycles. The molecule has 0 aliphatic heterocycles. The molecule has 6 N–H and O–H groups in total. The van der Waals surface area contributed by atoms with Crippen LogP contribution in [0.15, 0.2) is 4.79 Å². The number of fused-ring (bicyclic) bond motifs is 2. The molecule has 3 aromatic heterocycles. The molecule has 3 aromatic rings. The molecule has 4 atom stereocenters. The van der Waals surface area contributed by atoms with Crippen molar-refractivity contribution in [1.29, 1.82) is 0 Å². The molecular weight excluding hydrogens is 352 g/mol. The largest absolute Gasteiger partial charge is 0.394 e. The van der Waals surface area contributed by atoms with Gasteiger partial charge in [0.1, 0.15) is 29.2 Å². The van der Waals surface area contributed by atoms with Crippen LogP contribution in [0.5, 0.6) is 0 Å². The van der Waals surface area contributed by atoms with E-state index in [4.69, 9.17) is 5.11 Å². The molecule has 0 saturated heterocycles. The second kappa shape index (κ2) is 6.44. The minimum Gasteiger partial charge on any atom is -0.394 e. The first-order chi connectivity index (χ1) is 11.8. The molecule has 25 heavy (non-hydrogen) atoms. The van der Waals surface area contributed by atoms with Gasteiger partial charge in [-0.1, -0.05) is 0 Å². The molecule has 0 fully saturated rings. The van der Waals surface area contributed by atoms with Gasteiger partial charge >= 0.3 is 0 Å². The molecule has 136 valence electrons. The lowest BCUT2D eigenvalue weighted by molar-refractivity contribution is -0.118. The van der Waals surface area contributed by atoms with Crippen molar-refractivity contribution in [3.8, 4) is 0 Å². The van der Waals surface area contributed by atoms with E-state index in [0.717, 1.165) is 14.8 Å². The maximum absolute atomic E-state index is 12.8. The topological polar surface area (TPSA) is 164 Å². The minimum atomic E-state index is -1.87. The first-order valence-corrected chi connectivity index (χ1v) is 8.29. The van der Waals surface area contributed by atoms with E-state index in [1.165, 1.54) is 11.3 Å². The Kier molecular flexibility index (Phi) is 4.62.